The summed E-state index contributed by atoms with van der Waals surface area (Å²) in [5, 5.41) is 22.2. The van der Waals surface area contributed by atoms with Gasteiger partial charge in [0.2, 0.25) is 11.8 Å². The van der Waals surface area contributed by atoms with E-state index in [0.29, 0.717) is 11.4 Å². The first-order chi connectivity index (χ1) is 18.2. The molecule has 2 atom stereocenters. The maximum Gasteiger partial charge on any atom is 0.274 e. The molecule has 0 unspecified atom stereocenters. The minimum Gasteiger partial charge on any atom is -0.491 e. The molecule has 3 heterocycles. The molecule has 0 saturated carbocycles. The number of carbonyl (C=O) groups is 4. The first-order valence-electron chi connectivity index (χ1n) is 12.1. The number of nitrogens with zero attached hydrogens (tertiary/aromatic N) is 4. The van der Waals surface area contributed by atoms with Gasteiger partial charge in [0.15, 0.2) is 11.3 Å². The molecule has 4 rings (SSSR count). The van der Waals surface area contributed by atoms with Gasteiger partial charge in [-0.1, -0.05) is 6.07 Å². The van der Waals surface area contributed by atoms with Crippen molar-refractivity contribution in [2.75, 3.05) is 32.8 Å². The van der Waals surface area contributed by atoms with Gasteiger partial charge in [0, 0.05) is 24.8 Å². The predicted octanol–water partition coefficient (Wildman–Crippen LogP) is -0.716. The van der Waals surface area contributed by atoms with Crippen molar-refractivity contribution in [3.63, 3.8) is 0 Å². The Bertz CT molecular complexity index is 1350. The highest BCUT2D eigenvalue weighted by atomic mass is 16.5. The summed E-state index contributed by atoms with van der Waals surface area (Å²) in [6.07, 6.45) is 1.68. The van der Waals surface area contributed by atoms with Crippen LogP contribution in [0.1, 0.15) is 33.3 Å². The van der Waals surface area contributed by atoms with Gasteiger partial charge in [-0.05, 0) is 43.7 Å². The molecule has 38 heavy (non-hydrogen) atoms. The molecule has 2 aromatic heterocycles. The van der Waals surface area contributed by atoms with E-state index in [4.69, 9.17) is 4.74 Å². The van der Waals surface area contributed by atoms with Gasteiger partial charge in [0.1, 0.15) is 18.4 Å². The van der Waals surface area contributed by atoms with Crippen LogP contribution in [0.3, 0.4) is 0 Å². The topological polar surface area (TPSA) is 167 Å². The van der Waals surface area contributed by atoms with Gasteiger partial charge < -0.3 is 30.7 Å². The number of nitrogens with one attached hydrogen (secondary N) is 3. The molecule has 13 nitrogen and oxygen atoms in total. The minimum absolute atomic E-state index is 0.0327. The Balaban J connectivity index is 1.57. The Hall–Kier alpha value is -4.52. The second kappa shape index (κ2) is 11.7. The number of amides is 4. The van der Waals surface area contributed by atoms with E-state index in [2.05, 4.69) is 26.0 Å². The van der Waals surface area contributed by atoms with Crippen molar-refractivity contribution >= 4 is 29.3 Å². The Morgan fingerprint density at radius 2 is 2.00 bits per heavy atom. The number of hydrogen-bond donors (Lipinski definition) is 4. The van der Waals surface area contributed by atoms with Crippen LogP contribution in [-0.4, -0.2) is 93.2 Å². The second-order valence-electron chi connectivity index (χ2n) is 8.83. The second-order valence-corrected chi connectivity index (χ2v) is 8.83. The van der Waals surface area contributed by atoms with E-state index in [1.165, 1.54) is 34.8 Å². The summed E-state index contributed by atoms with van der Waals surface area (Å²) < 4.78 is 7.12. The van der Waals surface area contributed by atoms with Crippen LogP contribution in [0.2, 0.25) is 0 Å². The Labute approximate surface area is 218 Å². The number of aromatic nitrogens is 3. The van der Waals surface area contributed by atoms with Crippen molar-refractivity contribution in [2.24, 2.45) is 0 Å². The number of aliphatic hydroxyl groups is 1. The quantitative estimate of drug-likeness (QED) is 0.342. The number of ether oxygens (including phenoxy) is 1. The molecule has 1 aromatic carbocycles. The first-order valence-corrected chi connectivity index (χ1v) is 12.1. The summed E-state index contributed by atoms with van der Waals surface area (Å²) in [4.78, 5) is 57.2. The fourth-order valence-electron chi connectivity index (χ4n) is 3.92. The molecule has 3 aromatic rings. The normalized spacial score (nSPS) is 18.6. The van der Waals surface area contributed by atoms with Crippen molar-refractivity contribution in [3.8, 4) is 5.75 Å². The van der Waals surface area contributed by atoms with Crippen LogP contribution in [-0.2, 0) is 9.59 Å². The van der Waals surface area contributed by atoms with Crippen LogP contribution >= 0.6 is 0 Å². The predicted molar refractivity (Wildman–Crippen MR) is 135 cm³/mol. The van der Waals surface area contributed by atoms with Crippen molar-refractivity contribution in [3.05, 3.63) is 59.5 Å². The average Bonchev–Trinajstić information content (AvgIpc) is 3.33. The lowest BCUT2D eigenvalue weighted by atomic mass is 10.1. The molecule has 2 bridgehead atoms. The number of hydrogen-bond acceptors (Lipinski definition) is 8. The SMILES string of the molecule is Cc1ccc2cc1OCCNC(=O)CN(C(=O)c1cnc3cccnn13)CCNC(=O)[C@H]([C@@H](C)O)NC2=O. The van der Waals surface area contributed by atoms with Crippen LogP contribution < -0.4 is 20.7 Å². The largest absolute Gasteiger partial charge is 0.491 e. The van der Waals surface area contributed by atoms with Crippen LogP contribution in [0.25, 0.3) is 5.65 Å². The molecule has 0 spiro atoms. The summed E-state index contributed by atoms with van der Waals surface area (Å²) in [5.74, 6) is -1.71. The minimum atomic E-state index is -1.25. The van der Waals surface area contributed by atoms with Crippen LogP contribution in [0.15, 0.2) is 42.7 Å². The van der Waals surface area contributed by atoms with Gasteiger partial charge in [-0.25, -0.2) is 9.50 Å². The first kappa shape index (κ1) is 26.5. The van der Waals surface area contributed by atoms with Gasteiger partial charge in [-0.3, -0.25) is 19.2 Å². The molecule has 0 aliphatic carbocycles. The zero-order valence-electron chi connectivity index (χ0n) is 21.0. The van der Waals surface area contributed by atoms with Crippen LogP contribution in [0.4, 0.5) is 0 Å². The van der Waals surface area contributed by atoms with Crippen molar-refractivity contribution < 1.29 is 29.0 Å². The number of benzene rings is 1. The standard InChI is InChI=1S/C25H29N7O6/c1-15-5-6-17-12-19(15)38-11-9-26-21(34)14-31(10-8-27-24(36)22(16(2)33)30-23(17)35)25(37)18-13-28-20-4-3-7-29-32(18)20/h3-7,12-13,16,22,33H,8-11,14H2,1-2H3,(H,26,34)(H,27,36)(H,30,35)/t16-,22+/m1/s1. The van der Waals surface area contributed by atoms with E-state index in [-0.39, 0.29) is 44.0 Å². The Morgan fingerprint density at radius 1 is 1.18 bits per heavy atom. The monoisotopic (exact) mass is 523 g/mol. The van der Waals surface area contributed by atoms with E-state index >= 15 is 0 Å². The third-order valence-corrected chi connectivity index (χ3v) is 5.98. The summed E-state index contributed by atoms with van der Waals surface area (Å²) in [7, 11) is 0. The van der Waals surface area contributed by atoms with Crippen molar-refractivity contribution in [1.29, 1.82) is 0 Å². The van der Waals surface area contributed by atoms with E-state index in [0.717, 1.165) is 5.56 Å². The molecule has 4 N–H and O–H groups in total. The summed E-state index contributed by atoms with van der Waals surface area (Å²) in [6, 6.07) is 6.95. The molecule has 0 radical (unpaired) electrons. The number of rotatable bonds is 2. The smallest absolute Gasteiger partial charge is 0.274 e. The molecule has 0 saturated heterocycles. The number of aliphatic hydroxyl groups excluding tert-OH is 1. The number of fused-ring (bicyclic) bond motifs is 3. The molecular weight excluding hydrogens is 494 g/mol. The van der Waals surface area contributed by atoms with E-state index in [9.17, 15) is 24.3 Å². The maximum absolute atomic E-state index is 13.4. The summed E-state index contributed by atoms with van der Waals surface area (Å²) in [5.41, 5.74) is 1.63. The zero-order chi connectivity index (χ0) is 27.2. The molecular formula is C25H29N7O6. The molecule has 0 fully saturated rings. The highest BCUT2D eigenvalue weighted by Crippen LogP contribution is 2.20. The van der Waals surface area contributed by atoms with Gasteiger partial charge >= 0.3 is 0 Å². The third kappa shape index (κ3) is 6.06. The summed E-state index contributed by atoms with van der Waals surface area (Å²) >= 11 is 0. The fraction of sp³-hybridized carbons (Fsp3) is 0.360. The molecule has 1 aliphatic heterocycles. The van der Waals surface area contributed by atoms with E-state index < -0.39 is 35.8 Å². The fourth-order valence-corrected chi connectivity index (χ4v) is 3.92. The van der Waals surface area contributed by atoms with Crippen LogP contribution in [0.5, 0.6) is 5.75 Å². The number of aryl methyl sites for hydroxylation is 1. The highest BCUT2D eigenvalue weighted by molar-refractivity contribution is 5.98. The third-order valence-electron chi connectivity index (χ3n) is 5.98. The molecule has 4 amide bonds. The Morgan fingerprint density at radius 3 is 2.79 bits per heavy atom. The van der Waals surface area contributed by atoms with Crippen molar-refractivity contribution in [2.45, 2.75) is 26.0 Å². The number of carbonyl (C=O) groups excluding carboxylic acids is 4. The molecule has 200 valence electrons. The van der Waals surface area contributed by atoms with E-state index in [1.807, 2.05) is 6.92 Å². The molecule has 13 heteroatoms. The zero-order valence-corrected chi connectivity index (χ0v) is 21.0. The van der Waals surface area contributed by atoms with Gasteiger partial charge in [0.25, 0.3) is 11.8 Å². The van der Waals surface area contributed by atoms with Gasteiger partial charge in [-0.15, -0.1) is 0 Å². The average molecular weight is 524 g/mol. The molecule has 1 aliphatic rings. The van der Waals surface area contributed by atoms with Crippen LogP contribution in [0, 0.1) is 6.92 Å². The van der Waals surface area contributed by atoms with Gasteiger partial charge in [0.05, 0.1) is 25.4 Å². The van der Waals surface area contributed by atoms with E-state index in [1.54, 1.807) is 24.3 Å². The van der Waals surface area contributed by atoms with Crippen molar-refractivity contribution in [1.82, 2.24) is 35.4 Å². The highest BCUT2D eigenvalue weighted by Gasteiger charge is 2.27. The lowest BCUT2D eigenvalue weighted by Gasteiger charge is -2.24. The summed E-state index contributed by atoms with van der Waals surface area (Å²) in [6.45, 7) is 3.11. The maximum atomic E-state index is 13.4. The lowest BCUT2D eigenvalue weighted by Crippen LogP contribution is -2.53. The Kier molecular flexibility index (Phi) is 8.16. The van der Waals surface area contributed by atoms with Gasteiger partial charge in [-0.2, -0.15) is 5.10 Å². The number of imidazole rings is 1. The lowest BCUT2D eigenvalue weighted by molar-refractivity contribution is -0.125.